The molecule has 2 aliphatic rings. The van der Waals surface area contributed by atoms with E-state index >= 15 is 0 Å². The van der Waals surface area contributed by atoms with E-state index in [1.165, 1.54) is 0 Å². The van der Waals surface area contributed by atoms with E-state index in [2.05, 4.69) is 17.2 Å². The normalized spacial score (nSPS) is 23.2. The fourth-order valence-corrected chi connectivity index (χ4v) is 4.67. The highest BCUT2D eigenvalue weighted by Gasteiger charge is 2.44. The zero-order valence-electron chi connectivity index (χ0n) is 18.3. The fourth-order valence-electron chi connectivity index (χ4n) is 4.67. The van der Waals surface area contributed by atoms with Gasteiger partial charge in [0.25, 0.3) is 5.91 Å². The van der Waals surface area contributed by atoms with Crippen molar-refractivity contribution in [3.63, 3.8) is 0 Å². The third-order valence-corrected chi connectivity index (χ3v) is 5.99. The molecule has 2 heterocycles. The monoisotopic (exact) mass is 417 g/mol. The number of ketones is 1. The van der Waals surface area contributed by atoms with Crippen LogP contribution in [0.4, 0.5) is 5.82 Å². The topological polar surface area (TPSA) is 80.7 Å². The first-order valence-electron chi connectivity index (χ1n) is 10.6. The first kappa shape index (κ1) is 21.0. The molecule has 1 aliphatic heterocycles. The van der Waals surface area contributed by atoms with E-state index in [0.717, 1.165) is 23.4 Å². The number of rotatable bonds is 4. The van der Waals surface area contributed by atoms with Crippen molar-refractivity contribution in [2.75, 3.05) is 12.4 Å². The Morgan fingerprint density at radius 1 is 1.10 bits per heavy atom. The first-order chi connectivity index (χ1) is 14.9. The van der Waals surface area contributed by atoms with Crippen LogP contribution in [0.1, 0.15) is 43.9 Å². The number of methoxy groups -OCH3 is 1. The Labute approximate surface area is 182 Å². The van der Waals surface area contributed by atoms with Gasteiger partial charge in [0.05, 0.1) is 13.0 Å². The van der Waals surface area contributed by atoms with E-state index in [1.807, 2.05) is 50.2 Å². The van der Waals surface area contributed by atoms with Gasteiger partial charge < -0.3 is 10.1 Å². The first-order valence-corrected chi connectivity index (χ1v) is 10.6. The van der Waals surface area contributed by atoms with Crippen molar-refractivity contribution < 1.29 is 14.3 Å². The molecule has 1 aromatic heterocycles. The third kappa shape index (κ3) is 4.15. The van der Waals surface area contributed by atoms with Gasteiger partial charge in [0, 0.05) is 35.0 Å². The van der Waals surface area contributed by atoms with Gasteiger partial charge in [0.1, 0.15) is 17.4 Å². The van der Waals surface area contributed by atoms with Crippen LogP contribution in [0.5, 0.6) is 5.75 Å². The number of allylic oxidation sites excluding steroid dienone is 1. The van der Waals surface area contributed by atoms with Gasteiger partial charge in [-0.3, -0.25) is 14.6 Å². The molecule has 3 atom stereocenters. The molecule has 0 saturated heterocycles. The minimum absolute atomic E-state index is 0.136. The summed E-state index contributed by atoms with van der Waals surface area (Å²) in [6.45, 7) is 5.79. The van der Waals surface area contributed by atoms with Crippen LogP contribution in [-0.2, 0) is 9.59 Å². The summed E-state index contributed by atoms with van der Waals surface area (Å²) in [5.74, 6) is 0.442. The van der Waals surface area contributed by atoms with Crippen molar-refractivity contribution in [2.24, 2.45) is 16.8 Å². The molecule has 1 fully saturated rings. The molecule has 4 rings (SSSR count). The highest BCUT2D eigenvalue weighted by Crippen LogP contribution is 2.44. The maximum atomic E-state index is 13.5. The fraction of sp³-hybridized carbons (Fsp3) is 0.360. The number of fused-ring (bicyclic) bond motifs is 1. The Bertz CT molecular complexity index is 1100. The molecular weight excluding hydrogens is 390 g/mol. The second kappa shape index (κ2) is 8.46. The minimum atomic E-state index is -0.432. The highest BCUT2D eigenvalue weighted by atomic mass is 16.5. The maximum absolute atomic E-state index is 13.5. The van der Waals surface area contributed by atoms with Gasteiger partial charge in [0.15, 0.2) is 0 Å². The summed E-state index contributed by atoms with van der Waals surface area (Å²) in [5.41, 5.74) is 3.72. The zero-order valence-corrected chi connectivity index (χ0v) is 18.3. The van der Waals surface area contributed by atoms with Crippen molar-refractivity contribution in [1.82, 2.24) is 4.98 Å². The standard InChI is InChI=1S/C25H27N3O3/c1-14-11-19-24(20(29)12-14)23(17-8-6-9-18(13-17)31-4)22(16(3)27-19)25(30)28-21-10-5-7-15(2)26-21/h5-10,13-14,23-24H,11-12H2,1-4H3,(H,26,28,30)/t14-,23+,24-/m1/s1. The molecular formula is C25H27N3O3. The molecule has 1 aromatic carbocycles. The number of carbonyl (C=O) groups excluding carboxylic acids is 2. The van der Waals surface area contributed by atoms with E-state index in [0.29, 0.717) is 29.3 Å². The largest absolute Gasteiger partial charge is 0.497 e. The lowest BCUT2D eigenvalue weighted by atomic mass is 9.67. The van der Waals surface area contributed by atoms with Crippen molar-refractivity contribution in [1.29, 1.82) is 0 Å². The molecule has 0 radical (unpaired) electrons. The number of ether oxygens (including phenoxy) is 1. The van der Waals surface area contributed by atoms with Crippen LogP contribution in [-0.4, -0.2) is 29.5 Å². The minimum Gasteiger partial charge on any atom is -0.497 e. The average Bonchev–Trinajstić information content (AvgIpc) is 2.72. The lowest BCUT2D eigenvalue weighted by Crippen LogP contribution is -2.41. The van der Waals surface area contributed by atoms with E-state index in [4.69, 9.17) is 9.73 Å². The summed E-state index contributed by atoms with van der Waals surface area (Å²) in [5, 5.41) is 2.91. The number of nitrogens with one attached hydrogen (secondary N) is 1. The van der Waals surface area contributed by atoms with Crippen molar-refractivity contribution >= 4 is 23.2 Å². The Morgan fingerprint density at radius 3 is 2.61 bits per heavy atom. The molecule has 1 aliphatic carbocycles. The van der Waals surface area contributed by atoms with E-state index < -0.39 is 11.8 Å². The number of Topliss-reactive ketones (excluding diaryl/α,β-unsaturated/α-hetero) is 1. The van der Waals surface area contributed by atoms with Gasteiger partial charge in [0.2, 0.25) is 0 Å². The van der Waals surface area contributed by atoms with E-state index in [1.54, 1.807) is 13.2 Å². The number of carbonyl (C=O) groups is 2. The van der Waals surface area contributed by atoms with Crippen LogP contribution in [0.25, 0.3) is 0 Å². The smallest absolute Gasteiger partial charge is 0.255 e. The molecule has 160 valence electrons. The Kier molecular flexibility index (Phi) is 5.72. The van der Waals surface area contributed by atoms with Crippen LogP contribution in [0.2, 0.25) is 0 Å². The van der Waals surface area contributed by atoms with Crippen LogP contribution in [0.15, 0.2) is 58.7 Å². The number of pyridine rings is 1. The maximum Gasteiger partial charge on any atom is 0.255 e. The van der Waals surface area contributed by atoms with Crippen molar-refractivity contribution in [3.8, 4) is 5.75 Å². The molecule has 1 amide bonds. The summed E-state index contributed by atoms with van der Waals surface area (Å²) >= 11 is 0. The molecule has 1 N–H and O–H groups in total. The Balaban J connectivity index is 1.81. The highest BCUT2D eigenvalue weighted by molar-refractivity contribution is 6.14. The van der Waals surface area contributed by atoms with Gasteiger partial charge in [-0.2, -0.15) is 0 Å². The lowest BCUT2D eigenvalue weighted by Gasteiger charge is -2.37. The number of aryl methyl sites for hydroxylation is 1. The predicted molar refractivity (Wildman–Crippen MR) is 120 cm³/mol. The van der Waals surface area contributed by atoms with Crippen LogP contribution < -0.4 is 10.1 Å². The quantitative estimate of drug-likeness (QED) is 0.796. The zero-order chi connectivity index (χ0) is 22.1. The number of hydrogen-bond donors (Lipinski definition) is 1. The van der Waals surface area contributed by atoms with E-state index in [9.17, 15) is 9.59 Å². The second-order valence-corrected chi connectivity index (χ2v) is 8.43. The number of aliphatic imine (C=N–C) groups is 1. The number of benzene rings is 1. The Hall–Kier alpha value is -3.28. The summed E-state index contributed by atoms with van der Waals surface area (Å²) < 4.78 is 5.42. The molecule has 0 spiro atoms. The molecule has 31 heavy (non-hydrogen) atoms. The number of nitrogens with zero attached hydrogens (tertiary/aromatic N) is 2. The van der Waals surface area contributed by atoms with Crippen LogP contribution >= 0.6 is 0 Å². The van der Waals surface area contributed by atoms with Gasteiger partial charge in [-0.05, 0) is 56.0 Å². The molecule has 0 unspecified atom stereocenters. The average molecular weight is 418 g/mol. The molecule has 2 aromatic rings. The van der Waals surface area contributed by atoms with Gasteiger partial charge >= 0.3 is 0 Å². The number of hydrogen-bond acceptors (Lipinski definition) is 5. The lowest BCUT2D eigenvalue weighted by molar-refractivity contribution is -0.123. The number of amides is 1. The van der Waals surface area contributed by atoms with Gasteiger partial charge in [-0.15, -0.1) is 0 Å². The van der Waals surface area contributed by atoms with Gasteiger partial charge in [-0.25, -0.2) is 4.98 Å². The number of aromatic nitrogens is 1. The summed E-state index contributed by atoms with van der Waals surface area (Å²) in [6.07, 6.45) is 1.26. The van der Waals surface area contributed by atoms with Crippen LogP contribution in [0, 0.1) is 18.8 Å². The third-order valence-electron chi connectivity index (χ3n) is 5.99. The number of anilines is 1. The van der Waals surface area contributed by atoms with Crippen molar-refractivity contribution in [3.05, 3.63) is 65.0 Å². The Morgan fingerprint density at radius 2 is 1.87 bits per heavy atom. The molecule has 0 bridgehead atoms. The van der Waals surface area contributed by atoms with Crippen molar-refractivity contribution in [2.45, 2.75) is 39.5 Å². The molecule has 6 nitrogen and oxygen atoms in total. The summed E-state index contributed by atoms with van der Waals surface area (Å²) in [6, 6.07) is 13.1. The summed E-state index contributed by atoms with van der Waals surface area (Å²) in [7, 11) is 1.61. The predicted octanol–water partition coefficient (Wildman–Crippen LogP) is 4.46. The van der Waals surface area contributed by atoms with Crippen LogP contribution in [0.3, 0.4) is 0 Å². The second-order valence-electron chi connectivity index (χ2n) is 8.43. The van der Waals surface area contributed by atoms with Gasteiger partial charge in [-0.1, -0.05) is 25.1 Å². The van der Waals surface area contributed by atoms with E-state index in [-0.39, 0.29) is 17.6 Å². The SMILES string of the molecule is COc1cccc([C@H]2C(C(=O)Nc3cccc(C)n3)=C(C)N=C3C[C@@H](C)CC(=O)[C@@H]32)c1. The molecule has 1 saturated carbocycles. The molecule has 6 heteroatoms. The summed E-state index contributed by atoms with van der Waals surface area (Å²) in [4.78, 5) is 35.8.